The molecule has 108 valence electrons. The molecule has 0 aromatic carbocycles. The molecular formula is C15H20BrN3O. The molecule has 4 nitrogen and oxygen atoms in total. The molecule has 0 saturated heterocycles. The van der Waals surface area contributed by atoms with Crippen LogP contribution in [0, 0.1) is 6.92 Å². The van der Waals surface area contributed by atoms with Gasteiger partial charge < -0.3 is 14.6 Å². The monoisotopic (exact) mass is 337 g/mol. The van der Waals surface area contributed by atoms with Crippen LogP contribution < -0.4 is 10.2 Å². The van der Waals surface area contributed by atoms with Crippen molar-refractivity contribution in [3.63, 3.8) is 0 Å². The van der Waals surface area contributed by atoms with Gasteiger partial charge in [0.2, 0.25) is 0 Å². The van der Waals surface area contributed by atoms with Gasteiger partial charge in [0.15, 0.2) is 0 Å². The van der Waals surface area contributed by atoms with Gasteiger partial charge in [0, 0.05) is 29.8 Å². The van der Waals surface area contributed by atoms with E-state index in [1.807, 2.05) is 32.3 Å². The van der Waals surface area contributed by atoms with Gasteiger partial charge in [-0.05, 0) is 47.6 Å². The molecule has 0 aliphatic rings. The van der Waals surface area contributed by atoms with Crippen LogP contribution in [-0.4, -0.2) is 18.6 Å². The summed E-state index contributed by atoms with van der Waals surface area (Å²) in [4.78, 5) is 6.64. The molecule has 0 aliphatic carbocycles. The summed E-state index contributed by atoms with van der Waals surface area (Å²) < 4.78 is 6.62. The van der Waals surface area contributed by atoms with Crippen molar-refractivity contribution >= 4 is 21.7 Å². The van der Waals surface area contributed by atoms with Crippen molar-refractivity contribution in [2.24, 2.45) is 0 Å². The molecule has 0 aliphatic heterocycles. The highest BCUT2D eigenvalue weighted by Gasteiger charge is 2.11. The Hall–Kier alpha value is -1.33. The lowest BCUT2D eigenvalue weighted by Crippen LogP contribution is -2.21. The number of aryl methyl sites for hydroxylation is 1. The summed E-state index contributed by atoms with van der Waals surface area (Å²) in [5.41, 5.74) is 1.17. The lowest BCUT2D eigenvalue weighted by molar-refractivity contribution is 0.481. The molecule has 1 N–H and O–H groups in total. The molecule has 5 heteroatoms. The zero-order valence-electron chi connectivity index (χ0n) is 12.1. The number of halogens is 1. The average molecular weight is 338 g/mol. The van der Waals surface area contributed by atoms with Crippen molar-refractivity contribution in [2.45, 2.75) is 26.9 Å². The van der Waals surface area contributed by atoms with Gasteiger partial charge in [0.05, 0.1) is 6.54 Å². The SMILES string of the molecule is CCNCc1cc(Br)cnc1N(C)Cc1ccc(C)o1. The minimum Gasteiger partial charge on any atom is -0.464 e. The Morgan fingerprint density at radius 2 is 2.20 bits per heavy atom. The first-order valence-corrected chi connectivity index (χ1v) is 7.51. The molecule has 20 heavy (non-hydrogen) atoms. The molecule has 0 unspecified atom stereocenters. The molecule has 0 fully saturated rings. The van der Waals surface area contributed by atoms with E-state index in [2.05, 4.69) is 44.1 Å². The van der Waals surface area contributed by atoms with E-state index in [4.69, 9.17) is 4.42 Å². The zero-order chi connectivity index (χ0) is 14.5. The van der Waals surface area contributed by atoms with Crippen molar-refractivity contribution in [2.75, 3.05) is 18.5 Å². The van der Waals surface area contributed by atoms with Gasteiger partial charge in [-0.1, -0.05) is 6.92 Å². The second-order valence-corrected chi connectivity index (χ2v) is 5.70. The lowest BCUT2D eigenvalue weighted by Gasteiger charge is -2.20. The fourth-order valence-corrected chi connectivity index (χ4v) is 2.46. The van der Waals surface area contributed by atoms with Gasteiger partial charge in [-0.2, -0.15) is 0 Å². The van der Waals surface area contributed by atoms with E-state index in [9.17, 15) is 0 Å². The molecule has 0 radical (unpaired) electrons. The Labute approximate surface area is 128 Å². The second-order valence-electron chi connectivity index (χ2n) is 4.79. The summed E-state index contributed by atoms with van der Waals surface area (Å²) in [5.74, 6) is 2.86. The molecule has 2 rings (SSSR count). The van der Waals surface area contributed by atoms with Crippen molar-refractivity contribution in [1.82, 2.24) is 10.3 Å². The predicted molar refractivity (Wildman–Crippen MR) is 84.9 cm³/mol. The summed E-state index contributed by atoms with van der Waals surface area (Å²) in [5, 5.41) is 3.34. The number of nitrogens with one attached hydrogen (secondary N) is 1. The number of pyridine rings is 1. The maximum absolute atomic E-state index is 5.63. The van der Waals surface area contributed by atoms with E-state index in [-0.39, 0.29) is 0 Å². The summed E-state index contributed by atoms with van der Waals surface area (Å²) in [6.45, 7) is 6.51. The number of aromatic nitrogens is 1. The smallest absolute Gasteiger partial charge is 0.133 e. The number of anilines is 1. The van der Waals surface area contributed by atoms with Gasteiger partial charge in [-0.25, -0.2) is 4.98 Å². The Balaban J connectivity index is 2.17. The van der Waals surface area contributed by atoms with Gasteiger partial charge >= 0.3 is 0 Å². The van der Waals surface area contributed by atoms with Gasteiger partial charge in [0.25, 0.3) is 0 Å². The number of hydrogen-bond acceptors (Lipinski definition) is 4. The minimum absolute atomic E-state index is 0.710. The highest BCUT2D eigenvalue weighted by Crippen LogP contribution is 2.22. The summed E-state index contributed by atoms with van der Waals surface area (Å²) in [6.07, 6.45) is 1.83. The third-order valence-corrected chi connectivity index (χ3v) is 3.46. The number of furan rings is 1. The van der Waals surface area contributed by atoms with Crippen molar-refractivity contribution in [3.8, 4) is 0 Å². The van der Waals surface area contributed by atoms with Crippen molar-refractivity contribution in [1.29, 1.82) is 0 Å². The van der Waals surface area contributed by atoms with Crippen LogP contribution in [0.2, 0.25) is 0 Å². The first-order valence-electron chi connectivity index (χ1n) is 6.71. The average Bonchev–Trinajstić information content (AvgIpc) is 2.81. The maximum atomic E-state index is 5.63. The number of nitrogens with zero attached hydrogens (tertiary/aromatic N) is 2. The first-order chi connectivity index (χ1) is 9.60. The molecular weight excluding hydrogens is 318 g/mol. The fourth-order valence-electron chi connectivity index (χ4n) is 2.09. The van der Waals surface area contributed by atoms with E-state index < -0.39 is 0 Å². The van der Waals surface area contributed by atoms with Gasteiger partial charge in [-0.3, -0.25) is 0 Å². The summed E-state index contributed by atoms with van der Waals surface area (Å²) in [6, 6.07) is 6.10. The summed E-state index contributed by atoms with van der Waals surface area (Å²) >= 11 is 3.48. The standard InChI is InChI=1S/C15H20BrN3O/c1-4-17-8-12-7-13(16)9-18-15(12)19(3)10-14-6-5-11(2)20-14/h5-7,9,17H,4,8,10H2,1-3H3. The largest absolute Gasteiger partial charge is 0.464 e. The number of hydrogen-bond donors (Lipinski definition) is 1. The molecule has 0 spiro atoms. The Morgan fingerprint density at radius 1 is 1.40 bits per heavy atom. The zero-order valence-corrected chi connectivity index (χ0v) is 13.7. The number of rotatable bonds is 6. The highest BCUT2D eigenvalue weighted by molar-refractivity contribution is 9.10. The minimum atomic E-state index is 0.710. The Bertz CT molecular complexity index is 568. The van der Waals surface area contributed by atoms with Crippen LogP contribution >= 0.6 is 15.9 Å². The molecule has 2 aromatic heterocycles. The van der Waals surface area contributed by atoms with Crippen LogP contribution in [-0.2, 0) is 13.1 Å². The van der Waals surface area contributed by atoms with Crippen LogP contribution in [0.15, 0.2) is 33.3 Å². The Morgan fingerprint density at radius 3 is 2.85 bits per heavy atom. The van der Waals surface area contributed by atoms with Crippen LogP contribution in [0.4, 0.5) is 5.82 Å². The molecule has 2 aromatic rings. The van der Waals surface area contributed by atoms with E-state index >= 15 is 0 Å². The van der Waals surface area contributed by atoms with Crippen LogP contribution in [0.25, 0.3) is 0 Å². The maximum Gasteiger partial charge on any atom is 0.133 e. The van der Waals surface area contributed by atoms with E-state index in [1.165, 1.54) is 5.56 Å². The third kappa shape index (κ3) is 3.84. The van der Waals surface area contributed by atoms with E-state index in [1.54, 1.807) is 0 Å². The third-order valence-electron chi connectivity index (χ3n) is 3.03. The fraction of sp³-hybridized carbons (Fsp3) is 0.400. The molecule has 0 saturated carbocycles. The normalized spacial score (nSPS) is 10.8. The second kappa shape index (κ2) is 6.90. The predicted octanol–water partition coefficient (Wildman–Crippen LogP) is 3.49. The van der Waals surface area contributed by atoms with Gasteiger partial charge in [-0.15, -0.1) is 0 Å². The lowest BCUT2D eigenvalue weighted by atomic mass is 10.2. The van der Waals surface area contributed by atoms with Crippen molar-refractivity contribution < 1.29 is 4.42 Å². The Kier molecular flexibility index (Phi) is 5.20. The van der Waals surface area contributed by atoms with Crippen LogP contribution in [0.1, 0.15) is 24.0 Å². The molecule has 2 heterocycles. The summed E-state index contributed by atoms with van der Waals surface area (Å²) in [7, 11) is 2.03. The van der Waals surface area contributed by atoms with Crippen LogP contribution in [0.5, 0.6) is 0 Å². The van der Waals surface area contributed by atoms with E-state index in [0.717, 1.165) is 34.9 Å². The molecule has 0 atom stereocenters. The molecule has 0 amide bonds. The first kappa shape index (κ1) is 15.1. The topological polar surface area (TPSA) is 41.3 Å². The van der Waals surface area contributed by atoms with E-state index in [0.29, 0.717) is 6.54 Å². The highest BCUT2D eigenvalue weighted by atomic mass is 79.9. The van der Waals surface area contributed by atoms with Crippen molar-refractivity contribution in [3.05, 3.63) is 46.0 Å². The quantitative estimate of drug-likeness (QED) is 0.875. The van der Waals surface area contributed by atoms with Gasteiger partial charge in [0.1, 0.15) is 17.3 Å². The van der Waals surface area contributed by atoms with Crippen LogP contribution in [0.3, 0.4) is 0 Å². The molecule has 0 bridgehead atoms.